The summed E-state index contributed by atoms with van der Waals surface area (Å²) in [5, 5.41) is 0. The lowest BCUT2D eigenvalue weighted by atomic mass is 10.1. The molecule has 0 bridgehead atoms. The molecule has 2 rings (SSSR count). The Morgan fingerprint density at radius 3 is 2.55 bits per heavy atom. The minimum Gasteiger partial charge on any atom is -0.496 e. The number of hydrogen-bond acceptors (Lipinski definition) is 4. The maximum absolute atomic E-state index is 11.5. The van der Waals surface area contributed by atoms with Crippen molar-refractivity contribution in [3.8, 4) is 5.75 Å². The van der Waals surface area contributed by atoms with Crippen molar-refractivity contribution in [1.29, 1.82) is 0 Å². The summed E-state index contributed by atoms with van der Waals surface area (Å²) in [6.45, 7) is 8.35. The topological polar surface area (TPSA) is 38.8 Å². The summed E-state index contributed by atoms with van der Waals surface area (Å²) in [5.74, 6) is 0.916. The van der Waals surface area contributed by atoms with Gasteiger partial charge in [-0.05, 0) is 39.0 Å². The zero-order chi connectivity index (χ0) is 14.7. The molecule has 0 spiro atoms. The molecular formula is C16H23NO3. The van der Waals surface area contributed by atoms with E-state index in [0.29, 0.717) is 0 Å². The van der Waals surface area contributed by atoms with Crippen molar-refractivity contribution >= 4 is 5.78 Å². The molecule has 1 fully saturated rings. The number of Topliss-reactive ketones (excluding diaryl/α,β-unsaturated/α-hetero) is 1. The predicted octanol–water partition coefficient (Wildman–Crippen LogP) is 2.51. The van der Waals surface area contributed by atoms with Crippen LogP contribution in [0.5, 0.6) is 5.75 Å². The molecule has 1 aromatic carbocycles. The van der Waals surface area contributed by atoms with Gasteiger partial charge in [0.2, 0.25) is 0 Å². The fourth-order valence-electron chi connectivity index (χ4n) is 2.78. The number of rotatable bonds is 4. The van der Waals surface area contributed by atoms with E-state index in [-0.39, 0.29) is 18.0 Å². The smallest absolute Gasteiger partial charge is 0.159 e. The maximum Gasteiger partial charge on any atom is 0.159 e. The molecule has 1 aliphatic rings. The highest BCUT2D eigenvalue weighted by Crippen LogP contribution is 2.23. The van der Waals surface area contributed by atoms with E-state index >= 15 is 0 Å². The standard InChI is InChI=1S/C16H23NO3/c1-11-8-17(9-12(2)20-11)10-15-7-14(13(3)18)5-6-16(15)19-4/h5-7,11-12H,8-10H2,1-4H3/t11-,12+. The largest absolute Gasteiger partial charge is 0.496 e. The average Bonchev–Trinajstić information content (AvgIpc) is 2.37. The van der Waals surface area contributed by atoms with Gasteiger partial charge in [-0.3, -0.25) is 9.69 Å². The highest BCUT2D eigenvalue weighted by Gasteiger charge is 2.23. The summed E-state index contributed by atoms with van der Waals surface area (Å²) in [6.07, 6.45) is 0.474. The van der Waals surface area contributed by atoms with Crippen LogP contribution in [-0.2, 0) is 11.3 Å². The molecule has 0 unspecified atom stereocenters. The van der Waals surface area contributed by atoms with E-state index in [1.165, 1.54) is 0 Å². The zero-order valence-corrected chi connectivity index (χ0v) is 12.7. The van der Waals surface area contributed by atoms with Crippen LogP contribution in [0.25, 0.3) is 0 Å². The Morgan fingerprint density at radius 2 is 2.00 bits per heavy atom. The molecule has 0 radical (unpaired) electrons. The van der Waals surface area contributed by atoms with Crippen molar-refractivity contribution in [1.82, 2.24) is 4.90 Å². The third-order valence-electron chi connectivity index (χ3n) is 3.58. The van der Waals surface area contributed by atoms with Crippen molar-refractivity contribution < 1.29 is 14.3 Å². The van der Waals surface area contributed by atoms with Crippen LogP contribution in [0.15, 0.2) is 18.2 Å². The molecule has 110 valence electrons. The molecular weight excluding hydrogens is 254 g/mol. The summed E-state index contributed by atoms with van der Waals surface area (Å²) in [5.41, 5.74) is 1.79. The van der Waals surface area contributed by atoms with E-state index in [9.17, 15) is 4.79 Å². The van der Waals surface area contributed by atoms with Gasteiger partial charge in [-0.2, -0.15) is 0 Å². The van der Waals surface area contributed by atoms with Crippen LogP contribution in [0.2, 0.25) is 0 Å². The van der Waals surface area contributed by atoms with E-state index in [1.54, 1.807) is 14.0 Å². The average molecular weight is 277 g/mol. The van der Waals surface area contributed by atoms with Gasteiger partial charge < -0.3 is 9.47 Å². The summed E-state index contributed by atoms with van der Waals surface area (Å²) in [7, 11) is 1.66. The number of ketones is 1. The van der Waals surface area contributed by atoms with E-state index in [1.807, 2.05) is 18.2 Å². The summed E-state index contributed by atoms with van der Waals surface area (Å²) < 4.78 is 11.2. The van der Waals surface area contributed by atoms with E-state index in [0.717, 1.165) is 36.5 Å². The van der Waals surface area contributed by atoms with E-state index in [4.69, 9.17) is 9.47 Å². The third-order valence-corrected chi connectivity index (χ3v) is 3.58. The first-order chi connectivity index (χ1) is 9.49. The van der Waals surface area contributed by atoms with Crippen LogP contribution in [0.3, 0.4) is 0 Å². The summed E-state index contributed by atoms with van der Waals surface area (Å²) in [4.78, 5) is 13.9. The summed E-state index contributed by atoms with van der Waals surface area (Å²) >= 11 is 0. The molecule has 0 amide bonds. The van der Waals surface area contributed by atoms with Crippen LogP contribution in [0.1, 0.15) is 36.7 Å². The lowest BCUT2D eigenvalue weighted by molar-refractivity contribution is -0.0706. The first-order valence-electron chi connectivity index (χ1n) is 7.05. The molecule has 1 aromatic rings. The van der Waals surface area contributed by atoms with Crippen molar-refractivity contribution in [2.24, 2.45) is 0 Å². The molecule has 20 heavy (non-hydrogen) atoms. The van der Waals surface area contributed by atoms with Gasteiger partial charge in [0.15, 0.2) is 5.78 Å². The van der Waals surface area contributed by atoms with E-state index in [2.05, 4.69) is 18.7 Å². The fraction of sp³-hybridized carbons (Fsp3) is 0.562. The highest BCUT2D eigenvalue weighted by molar-refractivity contribution is 5.94. The van der Waals surface area contributed by atoms with Gasteiger partial charge in [-0.1, -0.05) is 0 Å². The molecule has 4 heteroatoms. The number of benzene rings is 1. The summed E-state index contributed by atoms with van der Waals surface area (Å²) in [6, 6.07) is 5.63. The number of nitrogens with zero attached hydrogens (tertiary/aromatic N) is 1. The second-order valence-electron chi connectivity index (χ2n) is 5.53. The Balaban J connectivity index is 2.18. The number of hydrogen-bond donors (Lipinski definition) is 0. The zero-order valence-electron chi connectivity index (χ0n) is 12.7. The minimum atomic E-state index is 0.0811. The Morgan fingerprint density at radius 1 is 1.35 bits per heavy atom. The molecule has 1 heterocycles. The SMILES string of the molecule is COc1ccc(C(C)=O)cc1CN1C[C@@H](C)O[C@@H](C)C1. The van der Waals surface area contributed by atoms with Gasteiger partial charge in [0.05, 0.1) is 19.3 Å². The third kappa shape index (κ3) is 3.58. The van der Waals surface area contributed by atoms with Gasteiger partial charge in [0.1, 0.15) is 5.75 Å². The Bertz CT molecular complexity index is 477. The molecule has 0 saturated carbocycles. The van der Waals surface area contributed by atoms with Gasteiger partial charge in [-0.25, -0.2) is 0 Å². The molecule has 2 atom stereocenters. The van der Waals surface area contributed by atoms with Crippen LogP contribution in [0.4, 0.5) is 0 Å². The van der Waals surface area contributed by atoms with Gasteiger partial charge >= 0.3 is 0 Å². The Kier molecular flexibility index (Phi) is 4.78. The quantitative estimate of drug-likeness (QED) is 0.793. The van der Waals surface area contributed by atoms with Crippen molar-refractivity contribution in [3.05, 3.63) is 29.3 Å². The van der Waals surface area contributed by atoms with Crippen LogP contribution in [-0.4, -0.2) is 43.1 Å². The van der Waals surface area contributed by atoms with Crippen LogP contribution in [0, 0.1) is 0 Å². The monoisotopic (exact) mass is 277 g/mol. The minimum absolute atomic E-state index is 0.0811. The molecule has 1 aliphatic heterocycles. The number of methoxy groups -OCH3 is 1. The number of carbonyl (C=O) groups is 1. The fourth-order valence-corrected chi connectivity index (χ4v) is 2.78. The van der Waals surface area contributed by atoms with Crippen molar-refractivity contribution in [3.63, 3.8) is 0 Å². The molecule has 4 nitrogen and oxygen atoms in total. The van der Waals surface area contributed by atoms with Crippen molar-refractivity contribution in [2.45, 2.75) is 39.5 Å². The maximum atomic E-state index is 11.5. The number of morpholine rings is 1. The predicted molar refractivity (Wildman–Crippen MR) is 78.3 cm³/mol. The van der Waals surface area contributed by atoms with Crippen LogP contribution >= 0.6 is 0 Å². The Labute approximate surface area is 120 Å². The second kappa shape index (κ2) is 6.37. The number of carbonyl (C=O) groups excluding carboxylic acids is 1. The molecule has 0 aliphatic carbocycles. The van der Waals surface area contributed by atoms with Gasteiger partial charge in [-0.15, -0.1) is 0 Å². The van der Waals surface area contributed by atoms with Crippen LogP contribution < -0.4 is 4.74 Å². The lowest BCUT2D eigenvalue weighted by Gasteiger charge is -2.35. The normalized spacial score (nSPS) is 23.6. The molecule has 1 saturated heterocycles. The second-order valence-corrected chi connectivity index (χ2v) is 5.53. The van der Waals surface area contributed by atoms with Gasteiger partial charge in [0.25, 0.3) is 0 Å². The van der Waals surface area contributed by atoms with Gasteiger partial charge in [0, 0.05) is 30.8 Å². The Hall–Kier alpha value is -1.39. The number of ether oxygens (including phenoxy) is 2. The molecule has 0 N–H and O–H groups in total. The van der Waals surface area contributed by atoms with Crippen molar-refractivity contribution in [2.75, 3.05) is 20.2 Å². The molecule has 0 aromatic heterocycles. The highest BCUT2D eigenvalue weighted by atomic mass is 16.5. The first kappa shape index (κ1) is 15.0. The first-order valence-corrected chi connectivity index (χ1v) is 7.05. The lowest BCUT2D eigenvalue weighted by Crippen LogP contribution is -2.44. The van der Waals surface area contributed by atoms with E-state index < -0.39 is 0 Å².